The molecule has 0 spiro atoms. The maximum absolute atomic E-state index is 12.9. The Morgan fingerprint density at radius 2 is 1.08 bits per heavy atom. The van der Waals surface area contributed by atoms with Crippen LogP contribution in [-0.4, -0.2) is 87.5 Å². The number of aliphatic hydroxyl groups excluding tert-OH is 5. The van der Waals surface area contributed by atoms with E-state index in [0.29, 0.717) is 6.42 Å². The third-order valence-corrected chi connectivity index (χ3v) is 11.1. The minimum atomic E-state index is -1.57. The number of carbonyl (C=O) groups excluding carboxylic acids is 1. The van der Waals surface area contributed by atoms with Crippen LogP contribution in [0.4, 0.5) is 0 Å². The van der Waals surface area contributed by atoms with Gasteiger partial charge in [-0.3, -0.25) is 4.79 Å². The molecule has 9 nitrogen and oxygen atoms in total. The molecule has 59 heavy (non-hydrogen) atoms. The van der Waals surface area contributed by atoms with Crippen molar-refractivity contribution in [2.75, 3.05) is 13.2 Å². The summed E-state index contributed by atoms with van der Waals surface area (Å²) in [5.74, 6) is -0.196. The minimum absolute atomic E-state index is 0.196. The topological polar surface area (TPSA) is 149 Å². The van der Waals surface area contributed by atoms with Crippen LogP contribution in [0.2, 0.25) is 0 Å². The average molecular weight is 832 g/mol. The van der Waals surface area contributed by atoms with Crippen LogP contribution in [-0.2, 0) is 14.3 Å². The van der Waals surface area contributed by atoms with Crippen LogP contribution in [0.1, 0.15) is 194 Å². The van der Waals surface area contributed by atoms with Gasteiger partial charge >= 0.3 is 0 Å². The number of allylic oxidation sites excluding steroid dienone is 9. The van der Waals surface area contributed by atoms with E-state index >= 15 is 0 Å². The average Bonchev–Trinajstić information content (AvgIpc) is 3.23. The van der Waals surface area contributed by atoms with E-state index in [1.165, 1.54) is 122 Å². The number of amides is 1. The first-order chi connectivity index (χ1) is 28.8. The Bertz CT molecular complexity index is 1100. The Balaban J connectivity index is 2.18. The lowest BCUT2D eigenvalue weighted by atomic mass is 9.99. The van der Waals surface area contributed by atoms with E-state index in [-0.39, 0.29) is 12.5 Å². The van der Waals surface area contributed by atoms with Crippen molar-refractivity contribution in [3.05, 3.63) is 60.8 Å². The van der Waals surface area contributed by atoms with Crippen molar-refractivity contribution in [3.8, 4) is 0 Å². The predicted molar refractivity (Wildman–Crippen MR) is 244 cm³/mol. The van der Waals surface area contributed by atoms with E-state index in [1.54, 1.807) is 6.08 Å². The lowest BCUT2D eigenvalue weighted by Gasteiger charge is -2.40. The Morgan fingerprint density at radius 1 is 0.610 bits per heavy atom. The van der Waals surface area contributed by atoms with Gasteiger partial charge in [0.1, 0.15) is 24.4 Å². The molecule has 7 atom stereocenters. The molecule has 1 amide bonds. The predicted octanol–water partition coefficient (Wildman–Crippen LogP) is 10.4. The fourth-order valence-electron chi connectivity index (χ4n) is 7.28. The van der Waals surface area contributed by atoms with Crippen LogP contribution in [0.15, 0.2) is 60.8 Å². The number of aliphatic hydroxyl groups is 5. The van der Waals surface area contributed by atoms with E-state index in [9.17, 15) is 30.3 Å². The maximum Gasteiger partial charge on any atom is 0.220 e. The number of rotatable bonds is 39. The van der Waals surface area contributed by atoms with E-state index in [4.69, 9.17) is 9.47 Å². The fraction of sp³-hybridized carbons (Fsp3) is 0.780. The number of unbranched alkanes of at least 4 members (excludes halogenated alkanes) is 22. The molecule has 9 heteroatoms. The molecular weight excluding hydrogens is 743 g/mol. The third kappa shape index (κ3) is 30.6. The maximum atomic E-state index is 12.9. The van der Waals surface area contributed by atoms with Gasteiger partial charge in [0, 0.05) is 6.42 Å². The zero-order valence-electron chi connectivity index (χ0n) is 37.5. The van der Waals surface area contributed by atoms with Gasteiger partial charge in [-0.15, -0.1) is 0 Å². The van der Waals surface area contributed by atoms with Crippen molar-refractivity contribution in [1.29, 1.82) is 0 Å². The summed E-state index contributed by atoms with van der Waals surface area (Å²) in [6.45, 7) is 3.50. The number of nitrogens with one attached hydrogen (secondary N) is 1. The first kappa shape index (κ1) is 54.9. The van der Waals surface area contributed by atoms with Crippen LogP contribution >= 0.6 is 0 Å². The van der Waals surface area contributed by atoms with Crippen LogP contribution in [0.3, 0.4) is 0 Å². The lowest BCUT2D eigenvalue weighted by molar-refractivity contribution is -0.302. The summed E-state index contributed by atoms with van der Waals surface area (Å²) in [4.78, 5) is 12.9. The van der Waals surface area contributed by atoms with Gasteiger partial charge in [-0.05, 0) is 71.1 Å². The highest BCUT2D eigenvalue weighted by molar-refractivity contribution is 5.76. The Kier molecular flexibility index (Phi) is 37.2. The van der Waals surface area contributed by atoms with Crippen molar-refractivity contribution >= 4 is 5.91 Å². The van der Waals surface area contributed by atoms with E-state index in [2.05, 4.69) is 54.8 Å². The lowest BCUT2D eigenvalue weighted by Crippen LogP contribution is -2.60. The molecule has 1 aliphatic heterocycles. The van der Waals surface area contributed by atoms with Crippen LogP contribution in [0.25, 0.3) is 0 Å². The molecule has 0 aromatic carbocycles. The molecule has 0 bridgehead atoms. The normalized spacial score (nSPS) is 21.2. The quantitative estimate of drug-likeness (QED) is 0.0265. The van der Waals surface area contributed by atoms with Crippen molar-refractivity contribution < 1.29 is 39.8 Å². The van der Waals surface area contributed by atoms with E-state index in [0.717, 1.165) is 51.4 Å². The summed E-state index contributed by atoms with van der Waals surface area (Å²) in [5.41, 5.74) is 0. The monoisotopic (exact) mass is 832 g/mol. The van der Waals surface area contributed by atoms with Crippen LogP contribution in [0, 0.1) is 0 Å². The third-order valence-electron chi connectivity index (χ3n) is 11.1. The van der Waals surface area contributed by atoms with Crippen LogP contribution in [0.5, 0.6) is 0 Å². The van der Waals surface area contributed by atoms with Gasteiger partial charge < -0.3 is 40.3 Å². The van der Waals surface area contributed by atoms with E-state index in [1.807, 2.05) is 19.1 Å². The van der Waals surface area contributed by atoms with Crippen molar-refractivity contribution in [2.45, 2.75) is 236 Å². The number of hydrogen-bond donors (Lipinski definition) is 6. The first-order valence-electron chi connectivity index (χ1n) is 24.0. The second-order valence-corrected chi connectivity index (χ2v) is 16.5. The Hall–Kier alpha value is -2.11. The highest BCUT2D eigenvalue weighted by Crippen LogP contribution is 2.22. The van der Waals surface area contributed by atoms with Crippen molar-refractivity contribution in [1.82, 2.24) is 5.32 Å². The summed E-state index contributed by atoms with van der Waals surface area (Å²) in [5, 5.41) is 54.0. The highest BCUT2D eigenvalue weighted by atomic mass is 16.7. The summed E-state index contributed by atoms with van der Waals surface area (Å²) in [6.07, 6.45) is 46.0. The second-order valence-electron chi connectivity index (χ2n) is 16.5. The van der Waals surface area contributed by atoms with Gasteiger partial charge in [-0.25, -0.2) is 0 Å². The smallest absolute Gasteiger partial charge is 0.220 e. The molecule has 0 radical (unpaired) electrons. The van der Waals surface area contributed by atoms with Gasteiger partial charge in [0.05, 0.1) is 25.4 Å². The molecule has 0 aromatic heterocycles. The molecule has 7 unspecified atom stereocenters. The van der Waals surface area contributed by atoms with Crippen LogP contribution < -0.4 is 5.32 Å². The van der Waals surface area contributed by atoms with Gasteiger partial charge in [0.15, 0.2) is 6.29 Å². The van der Waals surface area contributed by atoms with E-state index < -0.39 is 49.5 Å². The number of carbonyl (C=O) groups is 1. The van der Waals surface area contributed by atoms with Gasteiger partial charge in [-0.1, -0.05) is 177 Å². The SMILES string of the molecule is C/C=C/CC/C=C/CC/C=C/C(O)C(COC1OC(CO)C(O)C(O)C1O)NC(=O)CCCCCCCCCCCCCCCCC/C=C\C/C=C\CCCCCCC. The van der Waals surface area contributed by atoms with Crippen molar-refractivity contribution in [2.24, 2.45) is 0 Å². The molecular formula is C50H89NO8. The van der Waals surface area contributed by atoms with Gasteiger partial charge in [-0.2, -0.15) is 0 Å². The summed E-state index contributed by atoms with van der Waals surface area (Å²) in [7, 11) is 0. The molecule has 0 aromatic rings. The zero-order chi connectivity index (χ0) is 43.0. The molecule has 342 valence electrons. The molecule has 0 aliphatic carbocycles. The second kappa shape index (κ2) is 40.0. The number of hydrogen-bond acceptors (Lipinski definition) is 8. The Morgan fingerprint density at radius 3 is 1.61 bits per heavy atom. The summed E-state index contributed by atoms with van der Waals surface area (Å²) < 4.78 is 11.2. The molecule has 1 aliphatic rings. The summed E-state index contributed by atoms with van der Waals surface area (Å²) in [6, 6.07) is -0.827. The molecule has 6 N–H and O–H groups in total. The molecule has 1 rings (SSSR count). The molecule has 1 saturated heterocycles. The van der Waals surface area contributed by atoms with Gasteiger partial charge in [0.25, 0.3) is 0 Å². The van der Waals surface area contributed by atoms with Gasteiger partial charge in [0.2, 0.25) is 5.91 Å². The first-order valence-corrected chi connectivity index (χ1v) is 24.0. The summed E-state index contributed by atoms with van der Waals surface area (Å²) >= 11 is 0. The number of ether oxygens (including phenoxy) is 2. The molecule has 1 heterocycles. The fourth-order valence-corrected chi connectivity index (χ4v) is 7.28. The van der Waals surface area contributed by atoms with Crippen molar-refractivity contribution in [3.63, 3.8) is 0 Å². The minimum Gasteiger partial charge on any atom is -0.394 e. The molecule has 0 saturated carbocycles. The molecule has 1 fully saturated rings. The highest BCUT2D eigenvalue weighted by Gasteiger charge is 2.44. The standard InChI is InChI=1S/C50H89NO8/c1-3-5-7-9-11-13-14-15-16-17-18-19-20-21-22-23-24-25-26-27-28-29-30-32-34-36-38-40-46(54)51-43(44(53)39-37-35-33-31-12-10-8-6-4-2)42-58-50-49(57)48(56)47(55)45(41-52)59-50/h4,6,12,14-15,17-18,31,37,39,43-45,47-50,52-53,55-57H,3,5,7-11,13,16,19-30,32-36,38,40-42H2,1-2H3,(H,51,54)/b6-4+,15-14-,18-17-,31-12+,39-37+. The zero-order valence-corrected chi connectivity index (χ0v) is 37.5. The largest absolute Gasteiger partial charge is 0.394 e. The Labute approximate surface area is 360 Å².